The zero-order chi connectivity index (χ0) is 14.7. The Labute approximate surface area is 119 Å². The second-order valence-corrected chi connectivity index (χ2v) is 4.59. The third-order valence-electron chi connectivity index (χ3n) is 2.62. The summed E-state index contributed by atoms with van der Waals surface area (Å²) >= 11 is 4.36. The van der Waals surface area contributed by atoms with E-state index in [1.54, 1.807) is 7.05 Å². The van der Waals surface area contributed by atoms with Gasteiger partial charge in [-0.15, -0.1) is 0 Å². The Hall–Kier alpha value is -0.510. The molecular formula is C11H25N3O4S. The van der Waals surface area contributed by atoms with Gasteiger partial charge < -0.3 is 36.4 Å². The van der Waals surface area contributed by atoms with E-state index in [1.807, 2.05) is 0 Å². The summed E-state index contributed by atoms with van der Waals surface area (Å²) in [6.45, 7) is 1.85. The zero-order valence-electron chi connectivity index (χ0n) is 11.2. The minimum Gasteiger partial charge on any atom is -0.396 e. The molecule has 1 fully saturated rings. The van der Waals surface area contributed by atoms with Crippen molar-refractivity contribution in [3.8, 4) is 0 Å². The minimum absolute atomic E-state index is 0.156. The molecule has 1 aliphatic rings. The number of aliphatic hydroxyl groups excluding tert-OH is 3. The first kappa shape index (κ1) is 18.5. The molecule has 0 bridgehead atoms. The van der Waals surface area contributed by atoms with Gasteiger partial charge in [-0.25, -0.2) is 0 Å². The Bertz CT molecular complexity index is 246. The van der Waals surface area contributed by atoms with Crippen molar-refractivity contribution < 1.29 is 20.1 Å². The number of aliphatic hydroxyl groups is 3. The van der Waals surface area contributed by atoms with E-state index in [0.717, 1.165) is 0 Å². The molecule has 1 heterocycles. The van der Waals surface area contributed by atoms with Crippen molar-refractivity contribution in [2.24, 2.45) is 5.73 Å². The second-order valence-electron chi connectivity index (χ2n) is 4.15. The Balaban J connectivity index is 0.000000555. The fraction of sp³-hybridized carbons (Fsp3) is 0.909. The van der Waals surface area contributed by atoms with Crippen LogP contribution in [0.3, 0.4) is 0 Å². The van der Waals surface area contributed by atoms with Gasteiger partial charge in [0.2, 0.25) is 0 Å². The lowest BCUT2D eigenvalue weighted by Crippen LogP contribution is -2.49. The molecular weight excluding hydrogens is 270 g/mol. The summed E-state index contributed by atoms with van der Waals surface area (Å²) in [5.74, 6) is 0. The molecule has 0 aromatic rings. The van der Waals surface area contributed by atoms with Crippen LogP contribution in [0.15, 0.2) is 0 Å². The van der Waals surface area contributed by atoms with E-state index in [2.05, 4.69) is 22.9 Å². The van der Waals surface area contributed by atoms with Gasteiger partial charge >= 0.3 is 0 Å². The fourth-order valence-corrected chi connectivity index (χ4v) is 1.49. The molecule has 114 valence electrons. The summed E-state index contributed by atoms with van der Waals surface area (Å²) in [6.07, 6.45) is -0.629. The highest BCUT2D eigenvalue weighted by Crippen LogP contribution is 2.13. The first-order valence-corrected chi connectivity index (χ1v) is 6.70. The lowest BCUT2D eigenvalue weighted by Gasteiger charge is -2.32. The van der Waals surface area contributed by atoms with Crippen LogP contribution < -0.4 is 16.4 Å². The van der Waals surface area contributed by atoms with Gasteiger partial charge in [-0.3, -0.25) is 0 Å². The molecule has 0 radical (unpaired) electrons. The fourth-order valence-electron chi connectivity index (χ4n) is 1.49. The van der Waals surface area contributed by atoms with Gasteiger partial charge in [-0.1, -0.05) is 0 Å². The van der Waals surface area contributed by atoms with Gasteiger partial charge in [0, 0.05) is 26.8 Å². The van der Waals surface area contributed by atoms with E-state index in [9.17, 15) is 10.2 Å². The molecule has 1 aliphatic heterocycles. The standard InChI is InChI=1S/C9H19NO4.C2H6N2S/c11-4-1-3-10-6-8-9(13)7(12)2-5-14-8;1-4-2(3)5/h7-13H,1-6H2;1H3,(H3,3,4,5)/t7?,8?,9-;/m0./s1. The maximum Gasteiger partial charge on any atom is 0.163 e. The van der Waals surface area contributed by atoms with Gasteiger partial charge in [0.15, 0.2) is 5.11 Å². The molecule has 1 rings (SSSR count). The average Bonchev–Trinajstić information content (AvgIpc) is 2.40. The topological polar surface area (TPSA) is 120 Å². The molecule has 19 heavy (non-hydrogen) atoms. The normalized spacial score (nSPS) is 26.2. The largest absolute Gasteiger partial charge is 0.396 e. The number of thiocarbonyl (C=S) groups is 1. The summed E-state index contributed by atoms with van der Waals surface area (Å²) in [6, 6.07) is 0. The van der Waals surface area contributed by atoms with E-state index in [1.165, 1.54) is 0 Å². The number of rotatable bonds is 5. The second kappa shape index (κ2) is 11.3. The number of hydrogen-bond acceptors (Lipinski definition) is 6. The zero-order valence-corrected chi connectivity index (χ0v) is 12.0. The third-order valence-corrected chi connectivity index (χ3v) is 2.83. The van der Waals surface area contributed by atoms with Crippen LogP contribution in [0, 0.1) is 0 Å². The van der Waals surface area contributed by atoms with Crippen molar-refractivity contribution in [2.45, 2.75) is 31.2 Å². The molecule has 7 N–H and O–H groups in total. The van der Waals surface area contributed by atoms with Crippen molar-refractivity contribution in [3.63, 3.8) is 0 Å². The van der Waals surface area contributed by atoms with Crippen molar-refractivity contribution in [1.29, 1.82) is 0 Å². The highest BCUT2D eigenvalue weighted by molar-refractivity contribution is 7.80. The lowest BCUT2D eigenvalue weighted by atomic mass is 10.0. The Morgan fingerprint density at radius 1 is 1.47 bits per heavy atom. The molecule has 2 unspecified atom stereocenters. The lowest BCUT2D eigenvalue weighted by molar-refractivity contribution is -0.132. The van der Waals surface area contributed by atoms with Crippen LogP contribution in [0.5, 0.6) is 0 Å². The van der Waals surface area contributed by atoms with Crippen LogP contribution in [0.2, 0.25) is 0 Å². The van der Waals surface area contributed by atoms with Crippen molar-refractivity contribution in [2.75, 3.05) is 33.4 Å². The monoisotopic (exact) mass is 295 g/mol. The number of ether oxygens (including phenoxy) is 1. The quantitative estimate of drug-likeness (QED) is 0.253. The van der Waals surface area contributed by atoms with Crippen molar-refractivity contribution in [1.82, 2.24) is 10.6 Å². The molecule has 1 saturated heterocycles. The van der Waals surface area contributed by atoms with Gasteiger partial charge in [-0.2, -0.15) is 0 Å². The molecule has 7 nitrogen and oxygen atoms in total. The first-order valence-electron chi connectivity index (χ1n) is 6.29. The van der Waals surface area contributed by atoms with Gasteiger partial charge in [0.05, 0.1) is 12.2 Å². The Morgan fingerprint density at radius 3 is 2.63 bits per heavy atom. The van der Waals surface area contributed by atoms with E-state index in [4.69, 9.17) is 15.6 Å². The smallest absolute Gasteiger partial charge is 0.163 e. The van der Waals surface area contributed by atoms with Crippen molar-refractivity contribution >= 4 is 17.3 Å². The Kier molecular flexibility index (Phi) is 11.0. The summed E-state index contributed by atoms with van der Waals surface area (Å²) in [4.78, 5) is 0. The molecule has 0 aromatic heterocycles. The van der Waals surface area contributed by atoms with Crippen LogP contribution in [0.25, 0.3) is 0 Å². The summed E-state index contributed by atoms with van der Waals surface area (Å²) in [5.41, 5.74) is 4.91. The SMILES string of the molecule is CNC(N)=S.OCCCNCC1OCCC(O)[C@@H]1O. The summed E-state index contributed by atoms with van der Waals surface area (Å²) < 4.78 is 5.31. The molecule has 0 aromatic carbocycles. The maximum absolute atomic E-state index is 9.53. The number of nitrogens with two attached hydrogens (primary N) is 1. The predicted octanol–water partition coefficient (Wildman–Crippen LogP) is -2.08. The van der Waals surface area contributed by atoms with E-state index in [0.29, 0.717) is 37.7 Å². The number of hydrogen-bond donors (Lipinski definition) is 6. The van der Waals surface area contributed by atoms with Crippen LogP contribution >= 0.6 is 12.2 Å². The van der Waals surface area contributed by atoms with Gasteiger partial charge in [0.1, 0.15) is 6.10 Å². The molecule has 0 saturated carbocycles. The number of nitrogens with one attached hydrogen (secondary N) is 2. The third kappa shape index (κ3) is 9.09. The van der Waals surface area contributed by atoms with Crippen LogP contribution in [0.4, 0.5) is 0 Å². The predicted molar refractivity (Wildman–Crippen MR) is 76.8 cm³/mol. The molecule has 8 heteroatoms. The minimum atomic E-state index is -0.801. The first-order chi connectivity index (χ1) is 9.02. The molecule has 0 aliphatic carbocycles. The Morgan fingerprint density at radius 2 is 2.11 bits per heavy atom. The maximum atomic E-state index is 9.53. The summed E-state index contributed by atoms with van der Waals surface area (Å²) in [7, 11) is 1.68. The van der Waals surface area contributed by atoms with Gasteiger partial charge in [-0.05, 0) is 31.6 Å². The average molecular weight is 295 g/mol. The van der Waals surface area contributed by atoms with E-state index < -0.39 is 12.2 Å². The van der Waals surface area contributed by atoms with Crippen LogP contribution in [0.1, 0.15) is 12.8 Å². The van der Waals surface area contributed by atoms with Crippen LogP contribution in [-0.2, 0) is 4.74 Å². The highest BCUT2D eigenvalue weighted by Gasteiger charge is 2.30. The van der Waals surface area contributed by atoms with Crippen molar-refractivity contribution in [3.05, 3.63) is 0 Å². The van der Waals surface area contributed by atoms with E-state index >= 15 is 0 Å². The summed E-state index contributed by atoms with van der Waals surface area (Å²) in [5, 5.41) is 33.3. The highest BCUT2D eigenvalue weighted by atomic mass is 32.1. The molecule has 0 spiro atoms. The van der Waals surface area contributed by atoms with Gasteiger partial charge in [0.25, 0.3) is 0 Å². The molecule has 3 atom stereocenters. The molecule has 0 amide bonds. The van der Waals surface area contributed by atoms with E-state index in [-0.39, 0.29) is 12.7 Å². The van der Waals surface area contributed by atoms with Crippen LogP contribution in [-0.4, -0.2) is 72.1 Å².